The molecule has 6 heteroatoms. The van der Waals surface area contributed by atoms with E-state index in [4.69, 9.17) is 28.7 Å². The van der Waals surface area contributed by atoms with Gasteiger partial charge in [-0.15, -0.1) is 0 Å². The molecule has 0 aliphatic carbocycles. The van der Waals surface area contributed by atoms with Gasteiger partial charge in [0.05, 0.1) is 41.1 Å². The van der Waals surface area contributed by atoms with Crippen LogP contribution in [0.1, 0.15) is 25.0 Å². The molecular formula is C20H26O6. The third-order valence-electron chi connectivity index (χ3n) is 4.40. The van der Waals surface area contributed by atoms with Gasteiger partial charge in [-0.25, -0.2) is 0 Å². The molecule has 0 saturated carbocycles. The van der Waals surface area contributed by atoms with Crippen molar-refractivity contribution >= 4 is 0 Å². The monoisotopic (exact) mass is 362 g/mol. The summed E-state index contributed by atoms with van der Waals surface area (Å²) >= 11 is 0. The molecule has 6 nitrogen and oxygen atoms in total. The summed E-state index contributed by atoms with van der Waals surface area (Å²) in [5.74, 6) is 2.74. The highest BCUT2D eigenvalue weighted by Crippen LogP contribution is 2.51. The number of hydrogen-bond donors (Lipinski definition) is 0. The van der Waals surface area contributed by atoms with Crippen LogP contribution in [0.4, 0.5) is 0 Å². The molecule has 0 unspecified atom stereocenters. The van der Waals surface area contributed by atoms with Crippen molar-refractivity contribution in [3.8, 4) is 28.7 Å². The SMILES string of the molecule is COOc1cc(OC)c(C(C)(C)c2ccc(OC)cc2)c(OC)c1OC. The van der Waals surface area contributed by atoms with Crippen LogP contribution in [-0.2, 0) is 10.3 Å². The van der Waals surface area contributed by atoms with Crippen molar-refractivity contribution in [3.63, 3.8) is 0 Å². The lowest BCUT2D eigenvalue weighted by atomic mass is 9.77. The highest BCUT2D eigenvalue weighted by molar-refractivity contribution is 5.65. The molecule has 0 aliphatic heterocycles. The number of benzene rings is 2. The van der Waals surface area contributed by atoms with Crippen LogP contribution in [0.3, 0.4) is 0 Å². The predicted molar refractivity (Wildman–Crippen MR) is 98.9 cm³/mol. The quantitative estimate of drug-likeness (QED) is 0.523. The van der Waals surface area contributed by atoms with Gasteiger partial charge in [0.25, 0.3) is 0 Å². The van der Waals surface area contributed by atoms with Crippen LogP contribution in [0.25, 0.3) is 0 Å². The van der Waals surface area contributed by atoms with E-state index in [0.29, 0.717) is 23.0 Å². The molecule has 2 rings (SSSR count). The first-order valence-corrected chi connectivity index (χ1v) is 8.13. The van der Waals surface area contributed by atoms with Gasteiger partial charge >= 0.3 is 0 Å². The zero-order valence-corrected chi connectivity index (χ0v) is 16.3. The number of ether oxygens (including phenoxy) is 4. The van der Waals surface area contributed by atoms with Crippen LogP contribution in [0.15, 0.2) is 30.3 Å². The van der Waals surface area contributed by atoms with Gasteiger partial charge in [0.1, 0.15) is 11.5 Å². The Labute approximate surface area is 154 Å². The molecule has 142 valence electrons. The first kappa shape index (κ1) is 19.7. The fraction of sp³-hybridized carbons (Fsp3) is 0.400. The van der Waals surface area contributed by atoms with Crippen molar-refractivity contribution in [2.75, 3.05) is 35.5 Å². The molecule has 0 spiro atoms. The van der Waals surface area contributed by atoms with E-state index in [0.717, 1.165) is 16.9 Å². The van der Waals surface area contributed by atoms with Crippen LogP contribution in [0.5, 0.6) is 28.7 Å². The maximum absolute atomic E-state index is 5.68. The van der Waals surface area contributed by atoms with Gasteiger partial charge in [-0.3, -0.25) is 0 Å². The second-order valence-corrected chi connectivity index (χ2v) is 6.12. The maximum Gasteiger partial charge on any atom is 0.214 e. The topological polar surface area (TPSA) is 55.4 Å². The first-order valence-electron chi connectivity index (χ1n) is 8.13. The van der Waals surface area contributed by atoms with Gasteiger partial charge in [0.15, 0.2) is 5.75 Å². The number of methoxy groups -OCH3 is 4. The molecule has 0 heterocycles. The summed E-state index contributed by atoms with van der Waals surface area (Å²) < 4.78 is 22.1. The lowest BCUT2D eigenvalue weighted by molar-refractivity contribution is -0.179. The Morgan fingerprint density at radius 1 is 0.692 bits per heavy atom. The molecule has 0 amide bonds. The summed E-state index contributed by atoms with van der Waals surface area (Å²) in [5, 5.41) is 0. The Hall–Kier alpha value is -2.60. The molecule has 0 aliphatic rings. The predicted octanol–water partition coefficient (Wildman–Crippen LogP) is 3.99. The zero-order chi connectivity index (χ0) is 19.3. The van der Waals surface area contributed by atoms with Gasteiger partial charge in [0, 0.05) is 11.5 Å². The van der Waals surface area contributed by atoms with E-state index in [-0.39, 0.29) is 0 Å². The highest BCUT2D eigenvalue weighted by Gasteiger charge is 2.34. The maximum atomic E-state index is 5.68. The Bertz CT molecular complexity index is 737. The molecular weight excluding hydrogens is 336 g/mol. The van der Waals surface area contributed by atoms with Gasteiger partial charge in [-0.1, -0.05) is 26.0 Å². The standard InChI is InChI=1S/C20H26O6/c1-20(2,13-8-10-14(21-3)11-9-13)17-15(22-4)12-16(26-25-7)18(23-5)19(17)24-6/h8-12H,1-7H3. The van der Waals surface area contributed by atoms with Crippen LogP contribution in [-0.4, -0.2) is 35.5 Å². The van der Waals surface area contributed by atoms with Crippen molar-refractivity contribution in [3.05, 3.63) is 41.5 Å². The lowest BCUT2D eigenvalue weighted by Gasteiger charge is -2.31. The minimum atomic E-state index is -0.443. The molecule has 0 N–H and O–H groups in total. The fourth-order valence-corrected chi connectivity index (χ4v) is 3.04. The minimum absolute atomic E-state index is 0.373. The summed E-state index contributed by atoms with van der Waals surface area (Å²) in [6.45, 7) is 4.18. The molecule has 0 radical (unpaired) electrons. The number of rotatable bonds is 8. The smallest absolute Gasteiger partial charge is 0.214 e. The van der Waals surface area contributed by atoms with Crippen LogP contribution in [0, 0.1) is 0 Å². The van der Waals surface area contributed by atoms with E-state index in [1.54, 1.807) is 34.5 Å². The first-order chi connectivity index (χ1) is 12.4. The second kappa shape index (κ2) is 8.19. The molecule has 2 aromatic rings. The largest absolute Gasteiger partial charge is 0.497 e. The third kappa shape index (κ3) is 3.51. The summed E-state index contributed by atoms with van der Waals surface area (Å²) in [7, 11) is 7.81. The van der Waals surface area contributed by atoms with E-state index >= 15 is 0 Å². The summed E-state index contributed by atoms with van der Waals surface area (Å²) in [6.07, 6.45) is 0. The average Bonchev–Trinajstić information content (AvgIpc) is 2.66. The van der Waals surface area contributed by atoms with Crippen LogP contribution >= 0.6 is 0 Å². The Balaban J connectivity index is 2.71. The second-order valence-electron chi connectivity index (χ2n) is 6.12. The molecule has 0 aromatic heterocycles. The molecule has 0 fully saturated rings. The van der Waals surface area contributed by atoms with Gasteiger partial charge in [-0.05, 0) is 17.7 Å². The van der Waals surface area contributed by atoms with Gasteiger partial charge < -0.3 is 23.8 Å². The molecule has 0 saturated heterocycles. The summed E-state index contributed by atoms with van der Waals surface area (Å²) in [5.41, 5.74) is 1.47. The normalized spacial score (nSPS) is 11.0. The zero-order valence-electron chi connectivity index (χ0n) is 16.3. The Morgan fingerprint density at radius 2 is 1.31 bits per heavy atom. The van der Waals surface area contributed by atoms with Crippen molar-refractivity contribution < 1.29 is 28.7 Å². The number of hydrogen-bond acceptors (Lipinski definition) is 6. The Kier molecular flexibility index (Phi) is 6.21. The van der Waals surface area contributed by atoms with E-state index in [1.807, 2.05) is 24.3 Å². The summed E-state index contributed by atoms with van der Waals surface area (Å²) in [6, 6.07) is 9.62. The van der Waals surface area contributed by atoms with Crippen molar-refractivity contribution in [1.82, 2.24) is 0 Å². The highest BCUT2D eigenvalue weighted by atomic mass is 17.2. The van der Waals surface area contributed by atoms with Crippen molar-refractivity contribution in [1.29, 1.82) is 0 Å². The van der Waals surface area contributed by atoms with E-state index in [1.165, 1.54) is 7.11 Å². The van der Waals surface area contributed by atoms with E-state index in [2.05, 4.69) is 13.8 Å². The fourth-order valence-electron chi connectivity index (χ4n) is 3.04. The van der Waals surface area contributed by atoms with Crippen LogP contribution < -0.4 is 23.8 Å². The lowest BCUT2D eigenvalue weighted by Crippen LogP contribution is -2.21. The van der Waals surface area contributed by atoms with E-state index < -0.39 is 5.41 Å². The van der Waals surface area contributed by atoms with Gasteiger partial charge in [0.2, 0.25) is 11.5 Å². The Morgan fingerprint density at radius 3 is 1.77 bits per heavy atom. The van der Waals surface area contributed by atoms with Crippen LogP contribution in [0.2, 0.25) is 0 Å². The molecule has 0 atom stereocenters. The van der Waals surface area contributed by atoms with Crippen molar-refractivity contribution in [2.45, 2.75) is 19.3 Å². The average molecular weight is 362 g/mol. The van der Waals surface area contributed by atoms with Crippen molar-refractivity contribution in [2.24, 2.45) is 0 Å². The molecule has 26 heavy (non-hydrogen) atoms. The van der Waals surface area contributed by atoms with E-state index in [9.17, 15) is 0 Å². The van der Waals surface area contributed by atoms with Gasteiger partial charge in [-0.2, -0.15) is 4.89 Å². The summed E-state index contributed by atoms with van der Waals surface area (Å²) in [4.78, 5) is 10.0. The minimum Gasteiger partial charge on any atom is -0.497 e. The molecule has 0 bridgehead atoms. The molecule has 2 aromatic carbocycles. The third-order valence-corrected chi connectivity index (χ3v) is 4.40.